The number of sulfone groups is 1. The Morgan fingerprint density at radius 3 is 2.56 bits per heavy atom. The molecule has 0 N–H and O–H groups in total. The Balaban J connectivity index is 2.00. The number of furan rings is 1. The van der Waals surface area contributed by atoms with Crippen molar-refractivity contribution in [3.63, 3.8) is 0 Å². The topological polar surface area (TPSA) is 73.6 Å². The Morgan fingerprint density at radius 2 is 1.89 bits per heavy atom. The van der Waals surface area contributed by atoms with E-state index in [1.165, 1.54) is 13.2 Å². The zero-order valence-corrected chi connectivity index (χ0v) is 16.6. The number of carbonyl (C=O) groups is 1. The molecule has 0 aliphatic rings. The van der Waals surface area contributed by atoms with Crippen LogP contribution in [0.15, 0.2) is 52.0 Å². The van der Waals surface area contributed by atoms with E-state index in [9.17, 15) is 13.2 Å². The Bertz CT molecular complexity index is 1110. The SMILES string of the molecule is COC(=O)c1cccc(CS(=O)(=O)c2oc3ccc(C(C)C)cc3c2C)c1. The van der Waals surface area contributed by atoms with Gasteiger partial charge in [-0.3, -0.25) is 0 Å². The predicted octanol–water partition coefficient (Wildman–Crippen LogP) is 4.63. The van der Waals surface area contributed by atoms with E-state index >= 15 is 0 Å². The predicted molar refractivity (Wildman–Crippen MR) is 104 cm³/mol. The van der Waals surface area contributed by atoms with Gasteiger partial charge in [0.1, 0.15) is 5.58 Å². The summed E-state index contributed by atoms with van der Waals surface area (Å²) in [6.45, 7) is 5.93. The molecule has 0 bridgehead atoms. The third-order valence-corrected chi connectivity index (χ3v) is 6.24. The molecule has 27 heavy (non-hydrogen) atoms. The Kier molecular flexibility index (Phi) is 5.11. The molecule has 0 atom stereocenters. The minimum absolute atomic E-state index is 0.0260. The van der Waals surface area contributed by atoms with Gasteiger partial charge in [0.15, 0.2) is 0 Å². The first kappa shape index (κ1) is 19.2. The molecule has 6 heteroatoms. The second-order valence-corrected chi connectivity index (χ2v) is 8.76. The standard InChI is InChI=1S/C21H22O5S/c1-13(2)16-8-9-19-18(11-16)14(3)21(26-19)27(23,24)12-15-6-5-7-17(10-15)20(22)25-4/h5-11,13H,12H2,1-4H3. The first-order chi connectivity index (χ1) is 12.7. The minimum Gasteiger partial charge on any atom is -0.465 e. The van der Waals surface area contributed by atoms with E-state index in [2.05, 4.69) is 18.6 Å². The second kappa shape index (κ2) is 7.19. The van der Waals surface area contributed by atoms with Crippen LogP contribution in [0.2, 0.25) is 0 Å². The average Bonchev–Trinajstić information content (AvgIpc) is 2.98. The molecule has 0 aliphatic carbocycles. The number of aryl methyl sites for hydroxylation is 1. The van der Waals surface area contributed by atoms with Gasteiger partial charge in [-0.2, -0.15) is 0 Å². The van der Waals surface area contributed by atoms with Gasteiger partial charge < -0.3 is 9.15 Å². The number of ether oxygens (including phenoxy) is 1. The van der Waals surface area contributed by atoms with Crippen LogP contribution in [0.5, 0.6) is 0 Å². The van der Waals surface area contributed by atoms with Crippen molar-refractivity contribution >= 4 is 26.8 Å². The molecule has 0 saturated heterocycles. The highest BCUT2D eigenvalue weighted by Gasteiger charge is 2.25. The number of carbonyl (C=O) groups excluding carboxylic acids is 1. The molecule has 3 rings (SSSR count). The molecule has 3 aromatic rings. The van der Waals surface area contributed by atoms with Crippen molar-refractivity contribution in [2.24, 2.45) is 0 Å². The number of hydrogen-bond donors (Lipinski definition) is 0. The highest BCUT2D eigenvalue weighted by Crippen LogP contribution is 2.32. The number of rotatable bonds is 5. The molecule has 0 unspecified atom stereocenters. The van der Waals surface area contributed by atoms with Crippen LogP contribution in [0.3, 0.4) is 0 Å². The Hall–Kier alpha value is -2.60. The summed E-state index contributed by atoms with van der Waals surface area (Å²) < 4.78 is 36.3. The van der Waals surface area contributed by atoms with E-state index in [0.29, 0.717) is 28.2 Å². The van der Waals surface area contributed by atoms with Crippen molar-refractivity contribution in [1.82, 2.24) is 0 Å². The van der Waals surface area contributed by atoms with Gasteiger partial charge in [-0.1, -0.05) is 32.0 Å². The highest BCUT2D eigenvalue weighted by molar-refractivity contribution is 7.90. The first-order valence-corrected chi connectivity index (χ1v) is 10.3. The smallest absolute Gasteiger partial charge is 0.337 e. The van der Waals surface area contributed by atoms with E-state index in [0.717, 1.165) is 10.9 Å². The molecule has 142 valence electrons. The van der Waals surface area contributed by atoms with Gasteiger partial charge >= 0.3 is 5.97 Å². The average molecular weight is 386 g/mol. The largest absolute Gasteiger partial charge is 0.465 e. The van der Waals surface area contributed by atoms with Crippen LogP contribution in [-0.4, -0.2) is 21.5 Å². The fourth-order valence-electron chi connectivity index (χ4n) is 3.06. The lowest BCUT2D eigenvalue weighted by Gasteiger charge is -2.05. The molecule has 0 amide bonds. The van der Waals surface area contributed by atoms with Crippen molar-refractivity contribution in [3.05, 3.63) is 64.7 Å². The summed E-state index contributed by atoms with van der Waals surface area (Å²) in [6.07, 6.45) is 0. The summed E-state index contributed by atoms with van der Waals surface area (Å²) >= 11 is 0. The number of fused-ring (bicyclic) bond motifs is 1. The maximum absolute atomic E-state index is 13.0. The van der Waals surface area contributed by atoms with Crippen LogP contribution in [0.4, 0.5) is 0 Å². The maximum Gasteiger partial charge on any atom is 0.337 e. The van der Waals surface area contributed by atoms with Gasteiger partial charge in [0.2, 0.25) is 14.9 Å². The van der Waals surface area contributed by atoms with Gasteiger partial charge in [0.25, 0.3) is 0 Å². The van der Waals surface area contributed by atoms with Crippen molar-refractivity contribution in [2.75, 3.05) is 7.11 Å². The molecule has 0 radical (unpaired) electrons. The zero-order chi connectivity index (χ0) is 19.8. The van der Waals surface area contributed by atoms with Crippen molar-refractivity contribution in [2.45, 2.75) is 37.5 Å². The van der Waals surface area contributed by atoms with E-state index in [-0.39, 0.29) is 10.8 Å². The maximum atomic E-state index is 13.0. The molecule has 0 spiro atoms. The lowest BCUT2D eigenvalue weighted by molar-refractivity contribution is 0.0600. The highest BCUT2D eigenvalue weighted by atomic mass is 32.2. The molecule has 5 nitrogen and oxygen atoms in total. The summed E-state index contributed by atoms with van der Waals surface area (Å²) in [4.78, 5) is 11.7. The zero-order valence-electron chi connectivity index (χ0n) is 15.8. The third kappa shape index (κ3) is 3.76. The van der Waals surface area contributed by atoms with Crippen LogP contribution in [0.25, 0.3) is 11.0 Å². The molecule has 0 fully saturated rings. The van der Waals surface area contributed by atoms with E-state index < -0.39 is 15.8 Å². The summed E-state index contributed by atoms with van der Waals surface area (Å²) in [6, 6.07) is 12.2. The number of methoxy groups -OCH3 is 1. The van der Waals surface area contributed by atoms with Gasteiger partial charge in [-0.25, -0.2) is 13.2 Å². The number of benzene rings is 2. The lowest BCUT2D eigenvalue weighted by atomic mass is 10.0. The molecule has 2 aromatic carbocycles. The third-order valence-electron chi connectivity index (χ3n) is 4.57. The Labute approximate surface area is 158 Å². The molecular formula is C21H22O5S. The quantitative estimate of drug-likeness (QED) is 0.598. The molecule has 0 aliphatic heterocycles. The van der Waals surface area contributed by atoms with E-state index in [4.69, 9.17) is 4.42 Å². The monoisotopic (exact) mass is 386 g/mol. The van der Waals surface area contributed by atoms with Crippen LogP contribution < -0.4 is 0 Å². The van der Waals surface area contributed by atoms with Crippen molar-refractivity contribution in [3.8, 4) is 0 Å². The van der Waals surface area contributed by atoms with Crippen molar-refractivity contribution < 1.29 is 22.4 Å². The minimum atomic E-state index is -3.71. The molecular weight excluding hydrogens is 364 g/mol. The van der Waals surface area contributed by atoms with E-state index in [1.807, 2.05) is 18.2 Å². The molecule has 1 heterocycles. The van der Waals surface area contributed by atoms with Crippen LogP contribution in [0, 0.1) is 6.92 Å². The molecule has 1 aromatic heterocycles. The number of hydrogen-bond acceptors (Lipinski definition) is 5. The number of esters is 1. The normalized spacial score (nSPS) is 11.9. The van der Waals surface area contributed by atoms with Crippen LogP contribution in [0.1, 0.15) is 46.8 Å². The van der Waals surface area contributed by atoms with E-state index in [1.54, 1.807) is 25.1 Å². The fourth-order valence-corrected chi connectivity index (χ4v) is 4.61. The van der Waals surface area contributed by atoms with Gasteiger partial charge in [-0.05, 0) is 48.2 Å². The molecule has 0 saturated carbocycles. The van der Waals surface area contributed by atoms with Gasteiger partial charge in [0.05, 0.1) is 18.4 Å². The van der Waals surface area contributed by atoms with Crippen molar-refractivity contribution in [1.29, 1.82) is 0 Å². The van der Waals surface area contributed by atoms with Crippen LogP contribution >= 0.6 is 0 Å². The first-order valence-electron chi connectivity index (χ1n) is 8.66. The van der Waals surface area contributed by atoms with Gasteiger partial charge in [-0.15, -0.1) is 0 Å². The summed E-state index contributed by atoms with van der Waals surface area (Å²) in [5, 5.41) is 0.782. The fraction of sp³-hybridized carbons (Fsp3) is 0.286. The summed E-state index contributed by atoms with van der Waals surface area (Å²) in [5.41, 5.74) is 3.10. The van der Waals surface area contributed by atoms with Gasteiger partial charge in [0, 0.05) is 10.9 Å². The lowest BCUT2D eigenvalue weighted by Crippen LogP contribution is -2.07. The second-order valence-electron chi connectivity index (χ2n) is 6.88. The summed E-state index contributed by atoms with van der Waals surface area (Å²) in [7, 11) is -2.42. The van der Waals surface area contributed by atoms with Crippen LogP contribution in [-0.2, 0) is 20.3 Å². The summed E-state index contributed by atoms with van der Waals surface area (Å²) in [5.74, 6) is -0.421. The Morgan fingerprint density at radius 1 is 1.15 bits per heavy atom.